The number of rotatable bonds is 10. The van der Waals surface area contributed by atoms with E-state index < -0.39 is 46.6 Å². The van der Waals surface area contributed by atoms with E-state index in [0.29, 0.717) is 16.8 Å². The van der Waals surface area contributed by atoms with E-state index in [-0.39, 0.29) is 12.4 Å². The smallest absolute Gasteiger partial charge is 0.331 e. The molecule has 0 aliphatic heterocycles. The van der Waals surface area contributed by atoms with Crippen molar-refractivity contribution in [3.63, 3.8) is 0 Å². The molecule has 0 bridgehead atoms. The van der Waals surface area contributed by atoms with Gasteiger partial charge in [0.2, 0.25) is 6.54 Å². The van der Waals surface area contributed by atoms with Crippen molar-refractivity contribution in [3.05, 3.63) is 111 Å². The minimum atomic E-state index is -1.60. The van der Waals surface area contributed by atoms with Crippen molar-refractivity contribution in [3.8, 4) is 5.75 Å². The van der Waals surface area contributed by atoms with Gasteiger partial charge in [0.15, 0.2) is 6.04 Å². The van der Waals surface area contributed by atoms with Crippen LogP contribution in [-0.4, -0.2) is 42.9 Å². The van der Waals surface area contributed by atoms with E-state index in [1.165, 1.54) is 7.11 Å². The van der Waals surface area contributed by atoms with Gasteiger partial charge in [-0.05, 0) is 6.92 Å². The Morgan fingerprint density at radius 1 is 1.00 bits per heavy atom. The molecule has 0 aliphatic rings. The van der Waals surface area contributed by atoms with Gasteiger partial charge in [-0.15, -0.1) is 0 Å². The van der Waals surface area contributed by atoms with Gasteiger partial charge in [0, 0.05) is 33.7 Å². The van der Waals surface area contributed by atoms with Crippen LogP contribution in [0, 0.1) is 21.7 Å². The molecule has 2 unspecified atom stereocenters. The highest BCUT2D eigenvalue weighted by molar-refractivity contribution is 6.13. The normalized spacial score (nSPS) is 12.3. The number of nitrogens with zero attached hydrogens (tertiary/aromatic N) is 2. The van der Waals surface area contributed by atoms with Crippen molar-refractivity contribution in [2.24, 2.45) is 4.99 Å². The molecule has 3 aromatic carbocycles. The Labute approximate surface area is 201 Å². The molecule has 0 saturated carbocycles. The Morgan fingerprint density at radius 2 is 1.51 bits per heavy atom. The standard InChI is InChI=1S/C26H24F2N2O5/c1-3-35-26(31)25(20(16-30(32)33)23-21(27)14-19(34-2)15-22(23)28)29-24(17-10-6-4-7-11-17)18-12-8-5-9-13-18/h4-15,20,25H,3,16H2,1-2H3. The SMILES string of the molecule is CCOC(=O)C(N=C(c1ccccc1)c1ccccc1)C(C[N+](=O)[O-])c1c(F)cc(OC)cc1F. The van der Waals surface area contributed by atoms with Crippen LogP contribution in [-0.2, 0) is 9.53 Å². The first-order chi connectivity index (χ1) is 16.8. The molecule has 0 N–H and O–H groups in total. The minimum Gasteiger partial charge on any atom is -0.497 e. The highest BCUT2D eigenvalue weighted by Gasteiger charge is 2.39. The second-order valence-corrected chi connectivity index (χ2v) is 7.53. The van der Waals surface area contributed by atoms with Crippen LogP contribution in [0.4, 0.5) is 8.78 Å². The Bertz CT molecular complexity index is 1140. The third-order valence-corrected chi connectivity index (χ3v) is 5.28. The maximum absolute atomic E-state index is 15.0. The van der Waals surface area contributed by atoms with Crippen LogP contribution in [0.25, 0.3) is 0 Å². The monoisotopic (exact) mass is 482 g/mol. The zero-order valence-electron chi connectivity index (χ0n) is 19.2. The van der Waals surface area contributed by atoms with Crippen LogP contribution in [0.2, 0.25) is 0 Å². The molecule has 0 fully saturated rings. The molecule has 0 radical (unpaired) electrons. The molecule has 0 aromatic heterocycles. The number of benzene rings is 3. The van der Waals surface area contributed by atoms with Gasteiger partial charge in [-0.25, -0.2) is 13.6 Å². The third-order valence-electron chi connectivity index (χ3n) is 5.28. The van der Waals surface area contributed by atoms with Crippen LogP contribution in [0.1, 0.15) is 29.5 Å². The molecule has 2 atom stereocenters. The number of nitro groups is 1. The summed E-state index contributed by atoms with van der Waals surface area (Å²) in [6.07, 6.45) is 0. The van der Waals surface area contributed by atoms with Crippen LogP contribution in [0.3, 0.4) is 0 Å². The molecule has 9 heteroatoms. The van der Waals surface area contributed by atoms with Crippen molar-refractivity contribution in [1.29, 1.82) is 0 Å². The Balaban J connectivity index is 2.27. The maximum atomic E-state index is 15.0. The summed E-state index contributed by atoms with van der Waals surface area (Å²) in [5, 5.41) is 11.6. The summed E-state index contributed by atoms with van der Waals surface area (Å²) in [5.74, 6) is -4.79. The second-order valence-electron chi connectivity index (χ2n) is 7.53. The first-order valence-corrected chi connectivity index (χ1v) is 10.9. The minimum absolute atomic E-state index is 0.0460. The molecule has 3 aromatic rings. The number of hydrogen-bond donors (Lipinski definition) is 0. The molecule has 0 saturated heterocycles. The summed E-state index contributed by atoms with van der Waals surface area (Å²) >= 11 is 0. The predicted molar refractivity (Wildman–Crippen MR) is 126 cm³/mol. The van der Waals surface area contributed by atoms with Crippen LogP contribution >= 0.6 is 0 Å². The first-order valence-electron chi connectivity index (χ1n) is 10.9. The molecule has 0 heterocycles. The van der Waals surface area contributed by atoms with E-state index in [4.69, 9.17) is 9.47 Å². The number of aliphatic imine (C=N–C) groups is 1. The number of methoxy groups -OCH3 is 1. The average Bonchev–Trinajstić information content (AvgIpc) is 2.84. The fourth-order valence-electron chi connectivity index (χ4n) is 3.72. The molecule has 7 nitrogen and oxygen atoms in total. The van der Waals surface area contributed by atoms with E-state index >= 15 is 8.78 Å². The summed E-state index contributed by atoms with van der Waals surface area (Å²) < 4.78 is 40.1. The lowest BCUT2D eigenvalue weighted by Crippen LogP contribution is -2.35. The summed E-state index contributed by atoms with van der Waals surface area (Å²) in [7, 11) is 1.24. The number of hydrogen-bond acceptors (Lipinski definition) is 6. The van der Waals surface area contributed by atoms with E-state index in [0.717, 1.165) is 12.1 Å². The zero-order valence-corrected chi connectivity index (χ0v) is 19.2. The highest BCUT2D eigenvalue weighted by atomic mass is 19.1. The first kappa shape index (κ1) is 25.5. The van der Waals surface area contributed by atoms with Crippen molar-refractivity contribution in [2.75, 3.05) is 20.3 Å². The molecule has 0 spiro atoms. The Kier molecular flexibility index (Phi) is 8.61. The summed E-state index contributed by atoms with van der Waals surface area (Å²) in [6, 6.07) is 17.9. The maximum Gasteiger partial charge on any atom is 0.331 e. The summed E-state index contributed by atoms with van der Waals surface area (Å²) in [4.78, 5) is 28.5. The van der Waals surface area contributed by atoms with E-state index in [1.807, 2.05) is 0 Å². The molecular formula is C26H24F2N2O5. The second kappa shape index (κ2) is 11.8. The number of carbonyl (C=O) groups excluding carboxylic acids is 1. The highest BCUT2D eigenvalue weighted by Crippen LogP contribution is 2.32. The molecule has 0 amide bonds. The molecule has 35 heavy (non-hydrogen) atoms. The van der Waals surface area contributed by atoms with Gasteiger partial charge in [0.25, 0.3) is 0 Å². The van der Waals surface area contributed by atoms with Crippen molar-refractivity contribution < 1.29 is 28.0 Å². The number of ether oxygens (including phenoxy) is 2. The number of halogens is 2. The van der Waals surface area contributed by atoms with Gasteiger partial charge < -0.3 is 9.47 Å². The Morgan fingerprint density at radius 3 is 1.94 bits per heavy atom. The fourth-order valence-corrected chi connectivity index (χ4v) is 3.72. The topological polar surface area (TPSA) is 91.0 Å². The van der Waals surface area contributed by atoms with Gasteiger partial charge in [-0.1, -0.05) is 60.7 Å². The van der Waals surface area contributed by atoms with E-state index in [1.54, 1.807) is 67.6 Å². The van der Waals surface area contributed by atoms with Gasteiger partial charge in [0.05, 0.1) is 25.3 Å². The van der Waals surface area contributed by atoms with Crippen molar-refractivity contribution in [2.45, 2.75) is 18.9 Å². The predicted octanol–water partition coefficient (Wildman–Crippen LogP) is 4.80. The zero-order chi connectivity index (χ0) is 25.4. The van der Waals surface area contributed by atoms with Crippen molar-refractivity contribution >= 4 is 11.7 Å². The molecule has 0 aliphatic carbocycles. The summed E-state index contributed by atoms with van der Waals surface area (Å²) in [6.45, 7) is 0.560. The lowest BCUT2D eigenvalue weighted by Gasteiger charge is -2.23. The lowest BCUT2D eigenvalue weighted by atomic mass is 9.89. The molecule has 3 rings (SSSR count). The van der Waals surface area contributed by atoms with Gasteiger partial charge in [0.1, 0.15) is 17.4 Å². The van der Waals surface area contributed by atoms with Gasteiger partial charge in [-0.3, -0.25) is 15.1 Å². The van der Waals surface area contributed by atoms with Crippen molar-refractivity contribution in [1.82, 2.24) is 0 Å². The lowest BCUT2D eigenvalue weighted by molar-refractivity contribution is -0.483. The van der Waals surface area contributed by atoms with E-state index in [2.05, 4.69) is 4.99 Å². The Hall–Kier alpha value is -4.14. The third kappa shape index (κ3) is 6.26. The number of carbonyl (C=O) groups is 1. The molecular weight excluding hydrogens is 458 g/mol. The van der Waals surface area contributed by atoms with E-state index in [9.17, 15) is 14.9 Å². The van der Waals surface area contributed by atoms with Crippen LogP contribution in [0.15, 0.2) is 77.8 Å². The quantitative estimate of drug-likeness (QED) is 0.179. The van der Waals surface area contributed by atoms with Gasteiger partial charge in [-0.2, -0.15) is 0 Å². The molecule has 182 valence electrons. The largest absolute Gasteiger partial charge is 0.497 e. The number of esters is 1. The van der Waals surface area contributed by atoms with Crippen LogP contribution < -0.4 is 4.74 Å². The average molecular weight is 482 g/mol. The van der Waals surface area contributed by atoms with Crippen LogP contribution in [0.5, 0.6) is 5.75 Å². The summed E-state index contributed by atoms with van der Waals surface area (Å²) in [5.41, 5.74) is 0.920. The van der Waals surface area contributed by atoms with Gasteiger partial charge >= 0.3 is 5.97 Å². The fraction of sp³-hybridized carbons (Fsp3) is 0.231.